The van der Waals surface area contributed by atoms with Gasteiger partial charge < -0.3 is 15.5 Å². The molecule has 28 heavy (non-hydrogen) atoms. The van der Waals surface area contributed by atoms with Gasteiger partial charge in [-0.15, -0.1) is 0 Å². The fourth-order valence-electron chi connectivity index (χ4n) is 3.43. The standard InChI is InChI=1S/C23H29N3O2/c1-17-11-13-26(14-12-17)23(28)20-9-6-10-21(15-20)25-22(27)16-24-18(2)19-7-4-3-5-8-19/h3-10,15,17-18,24H,11-14,16H2,1-2H3,(H,25,27). The first kappa shape index (κ1) is 20.1. The number of likely N-dealkylation sites (tertiary alicyclic amines) is 1. The Bertz CT molecular complexity index is 799. The van der Waals surface area contributed by atoms with Gasteiger partial charge >= 0.3 is 0 Å². The second-order valence-corrected chi connectivity index (χ2v) is 7.62. The molecule has 0 aromatic heterocycles. The Morgan fingerprint density at radius 2 is 1.79 bits per heavy atom. The fourth-order valence-corrected chi connectivity index (χ4v) is 3.43. The highest BCUT2D eigenvalue weighted by Gasteiger charge is 2.21. The number of hydrogen-bond donors (Lipinski definition) is 2. The third kappa shape index (κ3) is 5.42. The maximum atomic E-state index is 12.7. The third-order valence-electron chi connectivity index (χ3n) is 5.33. The van der Waals surface area contributed by atoms with Crippen LogP contribution in [0, 0.1) is 5.92 Å². The number of nitrogens with zero attached hydrogens (tertiary/aromatic N) is 1. The lowest BCUT2D eigenvalue weighted by Crippen LogP contribution is -2.37. The molecule has 0 aliphatic carbocycles. The molecular formula is C23H29N3O2. The Kier molecular flexibility index (Phi) is 6.82. The van der Waals surface area contributed by atoms with E-state index in [0.717, 1.165) is 31.5 Å². The van der Waals surface area contributed by atoms with Crippen LogP contribution in [-0.4, -0.2) is 36.3 Å². The number of amides is 2. The first-order chi connectivity index (χ1) is 13.5. The number of carbonyl (C=O) groups excluding carboxylic acids is 2. The number of hydrogen-bond acceptors (Lipinski definition) is 3. The van der Waals surface area contributed by atoms with Gasteiger partial charge in [-0.2, -0.15) is 0 Å². The Morgan fingerprint density at radius 1 is 1.07 bits per heavy atom. The summed E-state index contributed by atoms with van der Waals surface area (Å²) in [4.78, 5) is 26.9. The quantitative estimate of drug-likeness (QED) is 0.801. The molecule has 0 bridgehead atoms. The monoisotopic (exact) mass is 379 g/mol. The molecule has 1 unspecified atom stereocenters. The molecule has 2 N–H and O–H groups in total. The number of rotatable bonds is 6. The first-order valence-electron chi connectivity index (χ1n) is 10.0. The second-order valence-electron chi connectivity index (χ2n) is 7.62. The molecule has 148 valence electrons. The van der Waals surface area contributed by atoms with E-state index in [9.17, 15) is 9.59 Å². The lowest BCUT2D eigenvalue weighted by Gasteiger charge is -2.30. The van der Waals surface area contributed by atoms with E-state index >= 15 is 0 Å². The Morgan fingerprint density at radius 3 is 2.50 bits per heavy atom. The van der Waals surface area contributed by atoms with Crippen LogP contribution < -0.4 is 10.6 Å². The maximum Gasteiger partial charge on any atom is 0.253 e. The Hall–Kier alpha value is -2.66. The summed E-state index contributed by atoms with van der Waals surface area (Å²) in [5, 5.41) is 6.11. The summed E-state index contributed by atoms with van der Waals surface area (Å²) >= 11 is 0. The molecule has 3 rings (SSSR count). The van der Waals surface area contributed by atoms with E-state index < -0.39 is 0 Å². The Balaban J connectivity index is 1.53. The summed E-state index contributed by atoms with van der Waals surface area (Å²) in [6, 6.07) is 17.3. The van der Waals surface area contributed by atoms with Gasteiger partial charge in [0.2, 0.25) is 5.91 Å². The van der Waals surface area contributed by atoms with Gasteiger partial charge in [-0.25, -0.2) is 0 Å². The summed E-state index contributed by atoms with van der Waals surface area (Å²) in [6.45, 7) is 6.07. The lowest BCUT2D eigenvalue weighted by molar-refractivity contribution is -0.115. The number of carbonyl (C=O) groups is 2. The predicted molar refractivity (Wildman–Crippen MR) is 112 cm³/mol. The summed E-state index contributed by atoms with van der Waals surface area (Å²) in [7, 11) is 0. The summed E-state index contributed by atoms with van der Waals surface area (Å²) in [6.07, 6.45) is 2.10. The maximum absolute atomic E-state index is 12.7. The average Bonchev–Trinajstić information content (AvgIpc) is 2.73. The van der Waals surface area contributed by atoms with Gasteiger partial charge in [0, 0.05) is 30.4 Å². The van der Waals surface area contributed by atoms with Crippen molar-refractivity contribution in [2.24, 2.45) is 5.92 Å². The minimum absolute atomic E-state index is 0.0406. The number of benzene rings is 2. The van der Waals surface area contributed by atoms with Crippen molar-refractivity contribution in [1.29, 1.82) is 0 Å². The van der Waals surface area contributed by atoms with Crippen LogP contribution in [0.4, 0.5) is 5.69 Å². The van der Waals surface area contributed by atoms with Crippen molar-refractivity contribution in [3.8, 4) is 0 Å². The van der Waals surface area contributed by atoms with Crippen molar-refractivity contribution in [3.63, 3.8) is 0 Å². The van der Waals surface area contributed by atoms with E-state index in [4.69, 9.17) is 0 Å². The normalized spacial score (nSPS) is 15.9. The molecular weight excluding hydrogens is 350 g/mol. The molecule has 5 nitrogen and oxygen atoms in total. The van der Waals surface area contributed by atoms with Crippen molar-refractivity contribution < 1.29 is 9.59 Å². The minimum Gasteiger partial charge on any atom is -0.339 e. The molecule has 1 saturated heterocycles. The van der Waals surface area contributed by atoms with Crippen molar-refractivity contribution in [2.75, 3.05) is 25.0 Å². The smallest absolute Gasteiger partial charge is 0.253 e. The zero-order valence-corrected chi connectivity index (χ0v) is 16.7. The van der Waals surface area contributed by atoms with Gasteiger partial charge in [0.1, 0.15) is 0 Å². The molecule has 2 amide bonds. The van der Waals surface area contributed by atoms with Crippen molar-refractivity contribution in [3.05, 3.63) is 65.7 Å². The summed E-state index contributed by atoms with van der Waals surface area (Å²) < 4.78 is 0. The lowest BCUT2D eigenvalue weighted by atomic mass is 9.98. The van der Waals surface area contributed by atoms with E-state index in [1.54, 1.807) is 6.07 Å². The first-order valence-corrected chi connectivity index (χ1v) is 10.0. The molecule has 1 aliphatic heterocycles. The molecule has 1 aliphatic rings. The van der Waals surface area contributed by atoms with E-state index in [-0.39, 0.29) is 24.4 Å². The van der Waals surface area contributed by atoms with E-state index in [0.29, 0.717) is 17.2 Å². The van der Waals surface area contributed by atoms with Gasteiger partial charge in [-0.1, -0.05) is 43.3 Å². The molecule has 2 aromatic rings. The van der Waals surface area contributed by atoms with Crippen LogP contribution in [0.2, 0.25) is 0 Å². The number of piperidine rings is 1. The van der Waals surface area contributed by atoms with Gasteiger partial charge in [-0.3, -0.25) is 9.59 Å². The third-order valence-corrected chi connectivity index (χ3v) is 5.33. The van der Waals surface area contributed by atoms with Crippen LogP contribution in [0.3, 0.4) is 0 Å². The number of nitrogens with one attached hydrogen (secondary N) is 2. The van der Waals surface area contributed by atoms with Crippen molar-refractivity contribution in [1.82, 2.24) is 10.2 Å². The Labute approximate surface area is 167 Å². The molecule has 5 heteroatoms. The van der Waals surface area contributed by atoms with Gasteiger partial charge in [0.25, 0.3) is 5.91 Å². The van der Waals surface area contributed by atoms with Gasteiger partial charge in [-0.05, 0) is 49.4 Å². The van der Waals surface area contributed by atoms with Crippen molar-refractivity contribution >= 4 is 17.5 Å². The molecule has 0 saturated carbocycles. The highest BCUT2D eigenvalue weighted by molar-refractivity contribution is 5.97. The fraction of sp³-hybridized carbons (Fsp3) is 0.391. The summed E-state index contributed by atoms with van der Waals surface area (Å²) in [5.74, 6) is 0.596. The van der Waals surface area contributed by atoms with Crippen LogP contribution in [-0.2, 0) is 4.79 Å². The largest absolute Gasteiger partial charge is 0.339 e. The minimum atomic E-state index is -0.126. The molecule has 1 atom stereocenters. The van der Waals surface area contributed by atoms with Crippen molar-refractivity contribution in [2.45, 2.75) is 32.7 Å². The second kappa shape index (κ2) is 9.51. The predicted octanol–water partition coefficient (Wildman–Crippen LogP) is 3.85. The van der Waals surface area contributed by atoms with Gasteiger partial charge in [0.05, 0.1) is 6.54 Å². The molecule has 2 aromatic carbocycles. The molecule has 0 spiro atoms. The topological polar surface area (TPSA) is 61.4 Å². The van der Waals surface area contributed by atoms with E-state index in [1.165, 1.54) is 0 Å². The zero-order valence-electron chi connectivity index (χ0n) is 16.7. The number of anilines is 1. The molecule has 1 heterocycles. The van der Waals surface area contributed by atoms with Crippen LogP contribution in [0.1, 0.15) is 48.7 Å². The highest BCUT2D eigenvalue weighted by Crippen LogP contribution is 2.19. The van der Waals surface area contributed by atoms with Crippen LogP contribution in [0.15, 0.2) is 54.6 Å². The van der Waals surface area contributed by atoms with E-state index in [1.807, 2.05) is 60.4 Å². The molecule has 1 fully saturated rings. The van der Waals surface area contributed by atoms with Gasteiger partial charge in [0.15, 0.2) is 0 Å². The van der Waals surface area contributed by atoms with Crippen LogP contribution in [0.5, 0.6) is 0 Å². The SMILES string of the molecule is CC1CCN(C(=O)c2cccc(NC(=O)CNC(C)c3ccccc3)c2)CC1. The molecule has 0 radical (unpaired) electrons. The van der Waals surface area contributed by atoms with E-state index in [2.05, 4.69) is 17.6 Å². The highest BCUT2D eigenvalue weighted by atomic mass is 16.2. The zero-order chi connectivity index (χ0) is 19.9. The summed E-state index contributed by atoms with van der Waals surface area (Å²) in [5.41, 5.74) is 2.41. The van der Waals surface area contributed by atoms with Crippen LogP contribution >= 0.6 is 0 Å². The van der Waals surface area contributed by atoms with Crippen LogP contribution in [0.25, 0.3) is 0 Å². The average molecular weight is 380 g/mol.